The standard InChI is InChI=1S/C14H16F3N3O/c1-8(18)7-19-9-3-4-10-11(5-9)20(2)13(6-12(10)21)14(15,16)17/h3-6,8,19H,7,18H2,1-2H3/t8-/m0/s1. The zero-order chi connectivity index (χ0) is 15.8. The molecular formula is C14H16F3N3O. The van der Waals surface area contributed by atoms with Crippen LogP contribution in [0.2, 0.25) is 0 Å². The first-order valence-electron chi connectivity index (χ1n) is 6.40. The van der Waals surface area contributed by atoms with Gasteiger partial charge in [-0.3, -0.25) is 4.79 Å². The number of pyridine rings is 1. The molecular weight excluding hydrogens is 283 g/mol. The number of hydrogen-bond donors (Lipinski definition) is 2. The van der Waals surface area contributed by atoms with Crippen LogP contribution >= 0.6 is 0 Å². The fourth-order valence-electron chi connectivity index (χ4n) is 2.11. The summed E-state index contributed by atoms with van der Waals surface area (Å²) < 4.78 is 39.7. The number of fused-ring (bicyclic) bond motifs is 1. The second-order valence-electron chi connectivity index (χ2n) is 5.04. The zero-order valence-electron chi connectivity index (χ0n) is 11.7. The van der Waals surface area contributed by atoms with Gasteiger partial charge < -0.3 is 15.6 Å². The minimum atomic E-state index is -4.57. The minimum Gasteiger partial charge on any atom is -0.383 e. The molecule has 3 N–H and O–H groups in total. The normalized spacial score (nSPS) is 13.4. The van der Waals surface area contributed by atoms with Crippen LogP contribution < -0.4 is 16.5 Å². The number of halogens is 3. The number of nitrogens with zero attached hydrogens (tertiary/aromatic N) is 1. The van der Waals surface area contributed by atoms with E-state index in [4.69, 9.17) is 5.73 Å². The molecule has 0 saturated carbocycles. The highest BCUT2D eigenvalue weighted by Gasteiger charge is 2.34. The third kappa shape index (κ3) is 3.18. The van der Waals surface area contributed by atoms with E-state index in [9.17, 15) is 18.0 Å². The molecule has 21 heavy (non-hydrogen) atoms. The van der Waals surface area contributed by atoms with Crippen LogP contribution in [0.5, 0.6) is 0 Å². The molecule has 4 nitrogen and oxygen atoms in total. The number of benzene rings is 1. The number of rotatable bonds is 3. The fraction of sp³-hybridized carbons (Fsp3) is 0.357. The minimum absolute atomic E-state index is 0.0916. The number of aromatic nitrogens is 1. The van der Waals surface area contributed by atoms with E-state index in [1.54, 1.807) is 6.07 Å². The van der Waals surface area contributed by atoms with Gasteiger partial charge in [-0.25, -0.2) is 0 Å². The van der Waals surface area contributed by atoms with Crippen molar-refractivity contribution < 1.29 is 13.2 Å². The Balaban J connectivity index is 2.59. The number of hydrogen-bond acceptors (Lipinski definition) is 3. The molecule has 0 aliphatic carbocycles. The van der Waals surface area contributed by atoms with Gasteiger partial charge in [0.1, 0.15) is 5.69 Å². The van der Waals surface area contributed by atoms with E-state index >= 15 is 0 Å². The average Bonchev–Trinajstić information content (AvgIpc) is 2.39. The van der Waals surface area contributed by atoms with Gasteiger partial charge in [0.15, 0.2) is 5.43 Å². The van der Waals surface area contributed by atoms with Crippen LogP contribution in [0.25, 0.3) is 10.9 Å². The average molecular weight is 299 g/mol. The van der Waals surface area contributed by atoms with Crippen LogP contribution in [0, 0.1) is 0 Å². The van der Waals surface area contributed by atoms with Crippen molar-refractivity contribution in [1.82, 2.24) is 4.57 Å². The van der Waals surface area contributed by atoms with Crippen molar-refractivity contribution >= 4 is 16.6 Å². The monoisotopic (exact) mass is 299 g/mol. The largest absolute Gasteiger partial charge is 0.431 e. The maximum Gasteiger partial charge on any atom is 0.431 e. The summed E-state index contributed by atoms with van der Waals surface area (Å²) in [5.41, 5.74) is 4.86. The summed E-state index contributed by atoms with van der Waals surface area (Å²) in [5, 5.41) is 3.27. The lowest BCUT2D eigenvalue weighted by Gasteiger charge is -2.16. The van der Waals surface area contributed by atoms with E-state index in [2.05, 4.69) is 5.32 Å². The van der Waals surface area contributed by atoms with Crippen molar-refractivity contribution in [1.29, 1.82) is 0 Å². The molecule has 0 fully saturated rings. The van der Waals surface area contributed by atoms with Crippen molar-refractivity contribution in [3.63, 3.8) is 0 Å². The SMILES string of the molecule is C[C@H](N)CNc1ccc2c(=O)cc(C(F)(F)F)n(C)c2c1. The lowest BCUT2D eigenvalue weighted by Crippen LogP contribution is -2.25. The second kappa shape index (κ2) is 5.40. The summed E-state index contributed by atoms with van der Waals surface area (Å²) in [5.74, 6) is 0. The first kappa shape index (κ1) is 15.4. The van der Waals surface area contributed by atoms with Gasteiger partial charge in [-0.15, -0.1) is 0 Å². The molecule has 7 heteroatoms. The molecule has 1 aromatic carbocycles. The molecule has 2 rings (SSSR count). The molecule has 0 amide bonds. The first-order chi connectivity index (χ1) is 9.70. The third-order valence-corrected chi connectivity index (χ3v) is 3.17. The van der Waals surface area contributed by atoms with Crippen LogP contribution in [-0.2, 0) is 13.2 Å². The van der Waals surface area contributed by atoms with Crippen LogP contribution in [-0.4, -0.2) is 17.2 Å². The number of anilines is 1. The molecule has 1 aromatic heterocycles. The second-order valence-corrected chi connectivity index (χ2v) is 5.04. The van der Waals surface area contributed by atoms with Gasteiger partial charge in [-0.2, -0.15) is 13.2 Å². The van der Waals surface area contributed by atoms with Gasteiger partial charge in [-0.05, 0) is 25.1 Å². The maximum atomic E-state index is 12.9. The Kier molecular flexibility index (Phi) is 3.95. The highest BCUT2D eigenvalue weighted by atomic mass is 19.4. The van der Waals surface area contributed by atoms with Crippen molar-refractivity contribution in [2.24, 2.45) is 12.8 Å². The number of nitrogens with two attached hydrogens (primary N) is 1. The molecule has 0 radical (unpaired) electrons. The summed E-state index contributed by atoms with van der Waals surface area (Å²) in [4.78, 5) is 11.8. The Bertz CT molecular complexity index is 720. The van der Waals surface area contributed by atoms with Gasteiger partial charge in [0.05, 0.1) is 5.52 Å². The fourth-order valence-corrected chi connectivity index (χ4v) is 2.11. The van der Waals surface area contributed by atoms with Gasteiger partial charge in [0.25, 0.3) is 0 Å². The summed E-state index contributed by atoms with van der Waals surface area (Å²) in [7, 11) is 1.29. The molecule has 0 saturated heterocycles. The Morgan fingerprint density at radius 2 is 2.00 bits per heavy atom. The highest BCUT2D eigenvalue weighted by Crippen LogP contribution is 2.30. The molecule has 0 spiro atoms. The Labute approximate surface area is 119 Å². The van der Waals surface area contributed by atoms with Crippen molar-refractivity contribution in [2.45, 2.75) is 19.1 Å². The molecule has 0 unspecified atom stereocenters. The molecule has 1 heterocycles. The third-order valence-electron chi connectivity index (χ3n) is 3.17. The van der Waals surface area contributed by atoms with Crippen LogP contribution in [0.4, 0.5) is 18.9 Å². The lowest BCUT2D eigenvalue weighted by molar-refractivity contribution is -0.143. The van der Waals surface area contributed by atoms with E-state index in [0.717, 1.165) is 4.57 Å². The van der Waals surface area contributed by atoms with E-state index in [-0.39, 0.29) is 16.9 Å². The van der Waals surface area contributed by atoms with Crippen LogP contribution in [0.1, 0.15) is 12.6 Å². The molecule has 2 aromatic rings. The lowest BCUT2D eigenvalue weighted by atomic mass is 10.1. The Hall–Kier alpha value is -2.02. The highest BCUT2D eigenvalue weighted by molar-refractivity contribution is 5.83. The Morgan fingerprint density at radius 1 is 1.33 bits per heavy atom. The summed E-state index contributed by atoms with van der Waals surface area (Å²) in [6, 6.07) is 5.22. The molecule has 0 bridgehead atoms. The smallest absolute Gasteiger partial charge is 0.383 e. The molecule has 0 aliphatic heterocycles. The summed E-state index contributed by atoms with van der Waals surface area (Å²) in [6.07, 6.45) is -4.57. The topological polar surface area (TPSA) is 60.0 Å². The van der Waals surface area contributed by atoms with E-state index in [0.29, 0.717) is 18.3 Å². The van der Waals surface area contributed by atoms with E-state index in [1.165, 1.54) is 19.2 Å². The van der Waals surface area contributed by atoms with Crippen molar-refractivity contribution in [3.05, 3.63) is 40.2 Å². The van der Waals surface area contributed by atoms with Gasteiger partial charge >= 0.3 is 6.18 Å². The van der Waals surface area contributed by atoms with Gasteiger partial charge in [0, 0.05) is 36.8 Å². The number of nitrogens with one attached hydrogen (secondary N) is 1. The van der Waals surface area contributed by atoms with Crippen LogP contribution in [0.15, 0.2) is 29.1 Å². The summed E-state index contributed by atoms with van der Waals surface area (Å²) >= 11 is 0. The zero-order valence-corrected chi connectivity index (χ0v) is 11.7. The van der Waals surface area contributed by atoms with Gasteiger partial charge in [0.2, 0.25) is 0 Å². The van der Waals surface area contributed by atoms with E-state index in [1.807, 2.05) is 6.92 Å². The quantitative estimate of drug-likeness (QED) is 0.914. The predicted molar refractivity (Wildman–Crippen MR) is 76.3 cm³/mol. The summed E-state index contributed by atoms with van der Waals surface area (Å²) in [6.45, 7) is 2.30. The predicted octanol–water partition coefficient (Wildman–Crippen LogP) is 2.32. The van der Waals surface area contributed by atoms with Crippen molar-refractivity contribution in [2.75, 3.05) is 11.9 Å². The maximum absolute atomic E-state index is 12.9. The van der Waals surface area contributed by atoms with Crippen LogP contribution in [0.3, 0.4) is 0 Å². The molecule has 0 aliphatic rings. The Morgan fingerprint density at radius 3 is 2.57 bits per heavy atom. The first-order valence-corrected chi connectivity index (χ1v) is 6.40. The van der Waals surface area contributed by atoms with Gasteiger partial charge in [-0.1, -0.05) is 0 Å². The van der Waals surface area contributed by atoms with E-state index < -0.39 is 17.3 Å². The number of alkyl halides is 3. The van der Waals surface area contributed by atoms with Crippen molar-refractivity contribution in [3.8, 4) is 0 Å². The number of aryl methyl sites for hydroxylation is 1. The molecule has 1 atom stereocenters. The molecule has 114 valence electrons.